The van der Waals surface area contributed by atoms with E-state index < -0.39 is 0 Å². The lowest BCUT2D eigenvalue weighted by Gasteiger charge is -2.20. The highest BCUT2D eigenvalue weighted by molar-refractivity contribution is 5.86. The lowest BCUT2D eigenvalue weighted by atomic mass is 9.97. The Kier molecular flexibility index (Phi) is 3.92. The molecule has 0 aliphatic carbocycles. The molecule has 5 nitrogen and oxygen atoms in total. The third kappa shape index (κ3) is 2.92. The maximum absolute atomic E-state index is 4.25. The first-order valence-corrected chi connectivity index (χ1v) is 7.10. The highest BCUT2D eigenvalue weighted by Gasteiger charge is 2.18. The number of benzene rings is 2. The van der Waals surface area contributed by atoms with Gasteiger partial charge in [-0.25, -0.2) is 0 Å². The van der Waals surface area contributed by atoms with Crippen molar-refractivity contribution < 1.29 is 0 Å². The SMILES string of the molecule is CN(C)CCC(c1cccc2ccccc12)n1ncnn1. The molecule has 0 aliphatic heterocycles. The first-order valence-electron chi connectivity index (χ1n) is 7.10. The third-order valence-electron chi connectivity index (χ3n) is 3.68. The molecule has 0 radical (unpaired) electrons. The molecule has 108 valence electrons. The van der Waals surface area contributed by atoms with Gasteiger partial charge in [0.15, 0.2) is 6.33 Å². The highest BCUT2D eigenvalue weighted by Crippen LogP contribution is 2.28. The first kappa shape index (κ1) is 13.7. The van der Waals surface area contributed by atoms with Crippen molar-refractivity contribution in [1.82, 2.24) is 25.1 Å². The van der Waals surface area contributed by atoms with Gasteiger partial charge in [-0.2, -0.15) is 4.80 Å². The van der Waals surface area contributed by atoms with Crippen molar-refractivity contribution in [2.24, 2.45) is 0 Å². The molecule has 3 rings (SSSR count). The van der Waals surface area contributed by atoms with Gasteiger partial charge in [0.05, 0.1) is 0 Å². The standard InChI is InChI=1S/C16H19N5/c1-20(2)11-10-16(21-18-12-17-19-21)15-9-5-7-13-6-3-4-8-14(13)15/h3-9,12,16H,10-11H2,1-2H3. The number of rotatable bonds is 5. The van der Waals surface area contributed by atoms with Crippen LogP contribution in [0.3, 0.4) is 0 Å². The predicted octanol–water partition coefficient (Wildman–Crippen LogP) is 2.37. The van der Waals surface area contributed by atoms with Gasteiger partial charge in [-0.3, -0.25) is 0 Å². The van der Waals surface area contributed by atoms with Crippen molar-refractivity contribution in [2.75, 3.05) is 20.6 Å². The summed E-state index contributed by atoms with van der Waals surface area (Å²) in [5.74, 6) is 0. The maximum atomic E-state index is 4.25. The number of fused-ring (bicyclic) bond motifs is 1. The second-order valence-corrected chi connectivity index (χ2v) is 5.43. The van der Waals surface area contributed by atoms with Gasteiger partial charge in [0.2, 0.25) is 0 Å². The minimum Gasteiger partial charge on any atom is -0.309 e. The lowest BCUT2D eigenvalue weighted by molar-refractivity contribution is 0.340. The average molecular weight is 281 g/mol. The summed E-state index contributed by atoms with van der Waals surface area (Å²) < 4.78 is 0. The van der Waals surface area contributed by atoms with Gasteiger partial charge in [-0.15, -0.1) is 10.2 Å². The molecule has 1 heterocycles. The molecule has 3 aromatic rings. The Bertz CT molecular complexity index is 700. The molecule has 1 unspecified atom stereocenters. The van der Waals surface area contributed by atoms with Gasteiger partial charge in [-0.05, 0) is 48.6 Å². The Balaban J connectivity index is 2.06. The van der Waals surface area contributed by atoms with Crippen LogP contribution in [0.2, 0.25) is 0 Å². The van der Waals surface area contributed by atoms with Gasteiger partial charge >= 0.3 is 0 Å². The molecule has 0 spiro atoms. The normalized spacial score (nSPS) is 12.9. The summed E-state index contributed by atoms with van der Waals surface area (Å²) in [6.07, 6.45) is 2.44. The van der Waals surface area contributed by atoms with Crippen molar-refractivity contribution in [3.63, 3.8) is 0 Å². The molecule has 0 fully saturated rings. The van der Waals surface area contributed by atoms with Crippen LogP contribution in [0.4, 0.5) is 0 Å². The molecule has 0 saturated carbocycles. The zero-order valence-electron chi connectivity index (χ0n) is 12.3. The van der Waals surface area contributed by atoms with E-state index in [1.54, 1.807) is 4.80 Å². The fourth-order valence-corrected chi connectivity index (χ4v) is 2.63. The summed E-state index contributed by atoms with van der Waals surface area (Å²) in [5, 5.41) is 14.7. The Morgan fingerprint density at radius 3 is 2.67 bits per heavy atom. The van der Waals surface area contributed by atoms with Crippen LogP contribution < -0.4 is 0 Å². The number of tetrazole rings is 1. The van der Waals surface area contributed by atoms with Crippen LogP contribution in [0.1, 0.15) is 18.0 Å². The number of nitrogens with zero attached hydrogens (tertiary/aromatic N) is 5. The second kappa shape index (κ2) is 6.01. The summed E-state index contributed by atoms with van der Waals surface area (Å²) >= 11 is 0. The van der Waals surface area contributed by atoms with Gasteiger partial charge in [0.25, 0.3) is 0 Å². The molecule has 5 heteroatoms. The zero-order valence-corrected chi connectivity index (χ0v) is 12.3. The number of hydrogen-bond acceptors (Lipinski definition) is 4. The van der Waals surface area contributed by atoms with E-state index in [2.05, 4.69) is 76.9 Å². The van der Waals surface area contributed by atoms with Crippen LogP contribution in [0.25, 0.3) is 10.8 Å². The quantitative estimate of drug-likeness (QED) is 0.720. The van der Waals surface area contributed by atoms with E-state index >= 15 is 0 Å². The smallest absolute Gasteiger partial charge is 0.162 e. The van der Waals surface area contributed by atoms with E-state index in [9.17, 15) is 0 Å². The van der Waals surface area contributed by atoms with E-state index in [-0.39, 0.29) is 6.04 Å². The summed E-state index contributed by atoms with van der Waals surface area (Å²) in [4.78, 5) is 3.89. The Hall–Kier alpha value is -2.27. The van der Waals surface area contributed by atoms with Crippen molar-refractivity contribution in [3.8, 4) is 0 Å². The molecule has 0 bridgehead atoms. The summed E-state index contributed by atoms with van der Waals surface area (Å²) in [6, 6.07) is 14.9. The van der Waals surface area contributed by atoms with Crippen LogP contribution in [0.5, 0.6) is 0 Å². The summed E-state index contributed by atoms with van der Waals surface area (Å²) in [6.45, 7) is 0.968. The van der Waals surface area contributed by atoms with Crippen LogP contribution >= 0.6 is 0 Å². The second-order valence-electron chi connectivity index (χ2n) is 5.43. The fourth-order valence-electron chi connectivity index (χ4n) is 2.63. The molecule has 2 aromatic carbocycles. The molecule has 1 aromatic heterocycles. The Labute approximate surface area is 124 Å². The average Bonchev–Trinajstić information content (AvgIpc) is 3.01. The number of aromatic nitrogens is 4. The summed E-state index contributed by atoms with van der Waals surface area (Å²) in [7, 11) is 4.16. The molecule has 0 N–H and O–H groups in total. The third-order valence-corrected chi connectivity index (χ3v) is 3.68. The predicted molar refractivity (Wildman–Crippen MR) is 83.1 cm³/mol. The van der Waals surface area contributed by atoms with Gasteiger partial charge in [0.1, 0.15) is 6.04 Å². The van der Waals surface area contributed by atoms with Crippen molar-refractivity contribution in [3.05, 3.63) is 54.4 Å². The van der Waals surface area contributed by atoms with Crippen molar-refractivity contribution in [1.29, 1.82) is 0 Å². The summed E-state index contributed by atoms with van der Waals surface area (Å²) in [5.41, 5.74) is 1.24. The monoisotopic (exact) mass is 281 g/mol. The van der Waals surface area contributed by atoms with Crippen LogP contribution in [0.15, 0.2) is 48.8 Å². The minimum atomic E-state index is 0.0981. The maximum Gasteiger partial charge on any atom is 0.162 e. The molecule has 1 atom stereocenters. The van der Waals surface area contributed by atoms with E-state index in [0.717, 1.165) is 13.0 Å². The molecule has 0 aliphatic rings. The van der Waals surface area contributed by atoms with Gasteiger partial charge in [0, 0.05) is 0 Å². The highest BCUT2D eigenvalue weighted by atomic mass is 15.6. The minimum absolute atomic E-state index is 0.0981. The van der Waals surface area contributed by atoms with Crippen molar-refractivity contribution in [2.45, 2.75) is 12.5 Å². The van der Waals surface area contributed by atoms with E-state index in [0.29, 0.717) is 0 Å². The molecule has 0 saturated heterocycles. The van der Waals surface area contributed by atoms with Crippen LogP contribution in [0, 0.1) is 0 Å². The van der Waals surface area contributed by atoms with Gasteiger partial charge in [-0.1, -0.05) is 42.5 Å². The topological polar surface area (TPSA) is 46.8 Å². The largest absolute Gasteiger partial charge is 0.309 e. The van der Waals surface area contributed by atoms with Crippen LogP contribution in [-0.2, 0) is 0 Å². The molecular weight excluding hydrogens is 262 g/mol. The van der Waals surface area contributed by atoms with E-state index in [1.165, 1.54) is 22.7 Å². The van der Waals surface area contributed by atoms with Gasteiger partial charge < -0.3 is 4.90 Å². The molecular formula is C16H19N5. The van der Waals surface area contributed by atoms with E-state index in [1.807, 2.05) is 0 Å². The molecule has 21 heavy (non-hydrogen) atoms. The lowest BCUT2D eigenvalue weighted by Crippen LogP contribution is -2.21. The fraction of sp³-hybridized carbons (Fsp3) is 0.312. The zero-order chi connectivity index (χ0) is 14.7. The first-order chi connectivity index (χ1) is 10.3. The van der Waals surface area contributed by atoms with E-state index in [4.69, 9.17) is 0 Å². The Morgan fingerprint density at radius 2 is 1.90 bits per heavy atom. The molecule has 0 amide bonds. The Morgan fingerprint density at radius 1 is 1.10 bits per heavy atom. The number of hydrogen-bond donors (Lipinski definition) is 0. The van der Waals surface area contributed by atoms with Crippen LogP contribution in [-0.4, -0.2) is 45.7 Å². The van der Waals surface area contributed by atoms with Crippen molar-refractivity contribution >= 4 is 10.8 Å².